The molecule has 3 rings (SSSR count). The van der Waals surface area contributed by atoms with E-state index in [4.69, 9.17) is 28.6 Å². The van der Waals surface area contributed by atoms with Crippen LogP contribution in [0, 0.1) is 0 Å². The molecule has 2 aromatic rings. The number of anilines is 1. The molecule has 9 heteroatoms. The second kappa shape index (κ2) is 11.6. The van der Waals surface area contributed by atoms with Crippen LogP contribution >= 0.6 is 39.7 Å². The molecule has 1 fully saturated rings. The summed E-state index contributed by atoms with van der Waals surface area (Å²) in [5, 5.41) is 9.10. The van der Waals surface area contributed by atoms with Gasteiger partial charge in [-0.3, -0.25) is 14.9 Å². The molecule has 1 saturated carbocycles. The first-order valence-corrected chi connectivity index (χ1v) is 12.1. The molecule has 0 spiro atoms. The lowest BCUT2D eigenvalue weighted by Crippen LogP contribution is -2.36. The standard InChI is InChI=1S/C23H25BrClN3O3S/c1-2-31-20-11-8-14(24)12-18(20)22(30)28-23(32)27-16-9-10-19(25)17(13-16)21(29)26-15-6-4-3-5-7-15/h8-13,15H,2-7H2,1H3,(H,26,29)(H2,27,28,30,32). The summed E-state index contributed by atoms with van der Waals surface area (Å²) < 4.78 is 6.27. The van der Waals surface area contributed by atoms with Gasteiger partial charge in [0.1, 0.15) is 5.75 Å². The average Bonchev–Trinajstić information content (AvgIpc) is 2.77. The third-order valence-electron chi connectivity index (χ3n) is 5.12. The molecule has 0 aromatic heterocycles. The van der Waals surface area contributed by atoms with E-state index in [0.29, 0.717) is 34.2 Å². The minimum absolute atomic E-state index is 0.0957. The van der Waals surface area contributed by atoms with Crippen molar-refractivity contribution in [3.05, 3.63) is 57.0 Å². The van der Waals surface area contributed by atoms with Gasteiger partial charge >= 0.3 is 0 Å². The van der Waals surface area contributed by atoms with Crippen molar-refractivity contribution in [2.24, 2.45) is 0 Å². The predicted octanol–water partition coefficient (Wildman–Crippen LogP) is 5.69. The quantitative estimate of drug-likeness (QED) is 0.412. The van der Waals surface area contributed by atoms with Crippen LogP contribution in [0.2, 0.25) is 5.02 Å². The number of hydrogen-bond donors (Lipinski definition) is 3. The van der Waals surface area contributed by atoms with Crippen LogP contribution in [0.15, 0.2) is 40.9 Å². The fourth-order valence-electron chi connectivity index (χ4n) is 3.58. The van der Waals surface area contributed by atoms with Gasteiger partial charge in [0.15, 0.2) is 5.11 Å². The third-order valence-corrected chi connectivity index (χ3v) is 6.15. The summed E-state index contributed by atoms with van der Waals surface area (Å²) in [6.07, 6.45) is 5.42. The highest BCUT2D eigenvalue weighted by Gasteiger charge is 2.19. The SMILES string of the molecule is CCOc1ccc(Br)cc1C(=O)NC(=S)Nc1ccc(Cl)c(C(=O)NC2CCCCC2)c1. The Bertz CT molecular complexity index is 1010. The maximum atomic E-state index is 12.7. The largest absolute Gasteiger partial charge is 0.493 e. The molecular weight excluding hydrogens is 514 g/mol. The minimum Gasteiger partial charge on any atom is -0.493 e. The lowest BCUT2D eigenvalue weighted by atomic mass is 9.95. The Labute approximate surface area is 206 Å². The monoisotopic (exact) mass is 537 g/mol. The number of hydrogen-bond acceptors (Lipinski definition) is 4. The van der Waals surface area contributed by atoms with E-state index in [0.717, 1.165) is 30.2 Å². The second-order valence-corrected chi connectivity index (χ2v) is 9.22. The summed E-state index contributed by atoms with van der Waals surface area (Å²) in [5.41, 5.74) is 1.27. The minimum atomic E-state index is -0.406. The van der Waals surface area contributed by atoms with Gasteiger partial charge in [-0.25, -0.2) is 0 Å². The number of carbonyl (C=O) groups is 2. The Hall–Kier alpha value is -2.16. The molecule has 0 unspecified atom stereocenters. The van der Waals surface area contributed by atoms with Gasteiger partial charge in [0, 0.05) is 16.2 Å². The maximum absolute atomic E-state index is 12.7. The van der Waals surface area contributed by atoms with Crippen LogP contribution in [0.4, 0.5) is 5.69 Å². The van der Waals surface area contributed by atoms with Gasteiger partial charge in [-0.05, 0) is 68.4 Å². The molecule has 1 aliphatic rings. The van der Waals surface area contributed by atoms with E-state index in [1.54, 1.807) is 36.4 Å². The van der Waals surface area contributed by atoms with Gasteiger partial charge in [-0.2, -0.15) is 0 Å². The summed E-state index contributed by atoms with van der Waals surface area (Å²) in [6.45, 7) is 2.28. The highest BCUT2D eigenvalue weighted by Crippen LogP contribution is 2.24. The average molecular weight is 539 g/mol. The summed E-state index contributed by atoms with van der Waals surface area (Å²) in [7, 11) is 0. The molecular formula is C23H25BrClN3O3S. The highest BCUT2D eigenvalue weighted by molar-refractivity contribution is 9.10. The number of benzene rings is 2. The number of nitrogens with one attached hydrogen (secondary N) is 3. The van der Waals surface area contributed by atoms with Gasteiger partial charge in [0.25, 0.3) is 11.8 Å². The molecule has 0 radical (unpaired) electrons. The molecule has 0 saturated heterocycles. The lowest BCUT2D eigenvalue weighted by molar-refractivity contribution is 0.0926. The Balaban J connectivity index is 1.66. The second-order valence-electron chi connectivity index (χ2n) is 7.48. The predicted molar refractivity (Wildman–Crippen MR) is 135 cm³/mol. The van der Waals surface area contributed by atoms with Gasteiger partial charge in [0.2, 0.25) is 0 Å². The van der Waals surface area contributed by atoms with Crippen LogP contribution in [-0.2, 0) is 0 Å². The van der Waals surface area contributed by atoms with Crippen molar-refractivity contribution in [2.75, 3.05) is 11.9 Å². The zero-order chi connectivity index (χ0) is 23.1. The molecule has 1 aliphatic carbocycles. The van der Waals surface area contributed by atoms with Gasteiger partial charge in [-0.15, -0.1) is 0 Å². The normalized spacial score (nSPS) is 13.8. The Morgan fingerprint density at radius 3 is 2.56 bits per heavy atom. The molecule has 2 amide bonds. The van der Waals surface area contributed by atoms with Gasteiger partial charge < -0.3 is 15.4 Å². The first kappa shape index (κ1) is 24.5. The number of carbonyl (C=O) groups excluding carboxylic acids is 2. The molecule has 6 nitrogen and oxygen atoms in total. The Morgan fingerprint density at radius 1 is 1.09 bits per heavy atom. The first-order valence-electron chi connectivity index (χ1n) is 10.5. The number of amides is 2. The van der Waals surface area contributed by atoms with Crippen molar-refractivity contribution in [2.45, 2.75) is 45.1 Å². The van der Waals surface area contributed by atoms with Crippen LogP contribution in [0.25, 0.3) is 0 Å². The molecule has 2 aromatic carbocycles. The number of thiocarbonyl (C=S) groups is 1. The van der Waals surface area contributed by atoms with E-state index < -0.39 is 5.91 Å². The maximum Gasteiger partial charge on any atom is 0.261 e. The van der Waals surface area contributed by atoms with Crippen LogP contribution in [0.5, 0.6) is 5.75 Å². The van der Waals surface area contributed by atoms with Gasteiger partial charge in [-0.1, -0.05) is 46.8 Å². The van der Waals surface area contributed by atoms with Crippen LogP contribution in [0.1, 0.15) is 59.7 Å². The van der Waals surface area contributed by atoms with Crippen molar-refractivity contribution in [3.63, 3.8) is 0 Å². The summed E-state index contributed by atoms with van der Waals surface area (Å²) >= 11 is 14.9. The van der Waals surface area contributed by atoms with Crippen LogP contribution in [0.3, 0.4) is 0 Å². The van der Waals surface area contributed by atoms with Crippen LogP contribution < -0.4 is 20.7 Å². The third kappa shape index (κ3) is 6.67. The van der Waals surface area contributed by atoms with E-state index in [9.17, 15) is 9.59 Å². The number of rotatable bonds is 6. The van der Waals surface area contributed by atoms with E-state index in [-0.39, 0.29) is 17.1 Å². The van der Waals surface area contributed by atoms with Crippen LogP contribution in [-0.4, -0.2) is 29.6 Å². The van der Waals surface area contributed by atoms with Crippen molar-refractivity contribution < 1.29 is 14.3 Å². The van der Waals surface area contributed by atoms with Crippen molar-refractivity contribution in [1.29, 1.82) is 0 Å². The molecule has 0 bridgehead atoms. The first-order chi connectivity index (χ1) is 15.4. The molecule has 3 N–H and O–H groups in total. The summed E-state index contributed by atoms with van der Waals surface area (Å²) in [6, 6.07) is 10.3. The summed E-state index contributed by atoms with van der Waals surface area (Å²) in [4.78, 5) is 25.4. The highest BCUT2D eigenvalue weighted by atomic mass is 79.9. The Kier molecular flexibility index (Phi) is 8.90. The smallest absolute Gasteiger partial charge is 0.261 e. The number of halogens is 2. The zero-order valence-corrected chi connectivity index (χ0v) is 20.8. The molecule has 170 valence electrons. The fourth-order valence-corrected chi connectivity index (χ4v) is 4.36. The number of ether oxygens (including phenoxy) is 1. The van der Waals surface area contributed by atoms with Gasteiger partial charge in [0.05, 0.1) is 22.8 Å². The molecule has 0 aliphatic heterocycles. The van der Waals surface area contributed by atoms with Crippen molar-refractivity contribution >= 4 is 62.4 Å². The van der Waals surface area contributed by atoms with Crippen molar-refractivity contribution in [1.82, 2.24) is 10.6 Å². The van der Waals surface area contributed by atoms with E-state index in [1.165, 1.54) is 6.42 Å². The van der Waals surface area contributed by atoms with E-state index in [2.05, 4.69) is 31.9 Å². The zero-order valence-electron chi connectivity index (χ0n) is 17.7. The van der Waals surface area contributed by atoms with E-state index in [1.807, 2.05) is 6.92 Å². The molecule has 32 heavy (non-hydrogen) atoms. The van der Waals surface area contributed by atoms with E-state index >= 15 is 0 Å². The fraction of sp³-hybridized carbons (Fsp3) is 0.348. The lowest BCUT2D eigenvalue weighted by Gasteiger charge is -2.23. The Morgan fingerprint density at radius 2 is 1.84 bits per heavy atom. The topological polar surface area (TPSA) is 79.5 Å². The molecule has 0 atom stereocenters. The summed E-state index contributed by atoms with van der Waals surface area (Å²) in [5.74, 6) is -0.156. The molecule has 0 heterocycles. The van der Waals surface area contributed by atoms with Crippen molar-refractivity contribution in [3.8, 4) is 5.75 Å².